The van der Waals surface area contributed by atoms with Crippen LogP contribution in [0.5, 0.6) is 5.75 Å². The highest BCUT2D eigenvalue weighted by Gasteiger charge is 2.40. The van der Waals surface area contributed by atoms with Gasteiger partial charge in [0.2, 0.25) is 11.7 Å². The molecule has 9 heteroatoms. The van der Waals surface area contributed by atoms with Crippen molar-refractivity contribution < 1.29 is 29.1 Å². The average Bonchev–Trinajstić information content (AvgIpc) is 3.28. The van der Waals surface area contributed by atoms with E-state index in [1.807, 2.05) is 38.1 Å². The summed E-state index contributed by atoms with van der Waals surface area (Å²) < 4.78 is 11.0. The number of aromatic nitrogens is 1. The van der Waals surface area contributed by atoms with Crippen molar-refractivity contribution in [2.75, 3.05) is 46.0 Å². The van der Waals surface area contributed by atoms with Gasteiger partial charge in [0.1, 0.15) is 18.8 Å². The van der Waals surface area contributed by atoms with E-state index in [0.29, 0.717) is 49.2 Å². The predicted molar refractivity (Wildman–Crippen MR) is 121 cm³/mol. The highest BCUT2D eigenvalue weighted by molar-refractivity contribution is 7.14. The molecule has 3 heterocycles. The third-order valence-corrected chi connectivity index (χ3v) is 7.12. The van der Waals surface area contributed by atoms with E-state index >= 15 is 0 Å². The monoisotopic (exact) mass is 471 g/mol. The van der Waals surface area contributed by atoms with E-state index in [0.717, 1.165) is 23.7 Å². The van der Waals surface area contributed by atoms with Gasteiger partial charge in [-0.05, 0) is 44.2 Å². The first kappa shape index (κ1) is 23.4. The summed E-state index contributed by atoms with van der Waals surface area (Å²) in [6, 6.07) is 6.54. The molecule has 1 aromatic carbocycles. The number of rotatable bonds is 8. The van der Waals surface area contributed by atoms with Gasteiger partial charge in [0.15, 0.2) is 0 Å². The first-order chi connectivity index (χ1) is 15.9. The van der Waals surface area contributed by atoms with E-state index in [1.165, 1.54) is 16.2 Å². The first-order valence-electron chi connectivity index (χ1n) is 11.3. The molecule has 0 aliphatic carbocycles. The average molecular weight is 472 g/mol. The maximum atomic E-state index is 13.5. The van der Waals surface area contributed by atoms with Gasteiger partial charge in [-0.1, -0.05) is 12.1 Å². The number of morpholine rings is 1. The number of aryl methyl sites for hydroxylation is 2. The summed E-state index contributed by atoms with van der Waals surface area (Å²) in [5, 5.41) is 13.9. The van der Waals surface area contributed by atoms with Crippen LogP contribution in [0, 0.1) is 13.8 Å². The molecule has 1 fully saturated rings. The van der Waals surface area contributed by atoms with Crippen molar-refractivity contribution in [3.8, 4) is 5.75 Å². The second-order valence-electron chi connectivity index (χ2n) is 8.23. The number of quaternary nitrogens is 1. The molecule has 2 aliphatic heterocycles. The molecule has 176 valence electrons. The van der Waals surface area contributed by atoms with Crippen LogP contribution in [0.25, 0.3) is 0 Å². The highest BCUT2D eigenvalue weighted by Crippen LogP contribution is 2.39. The number of thiazole rings is 1. The second-order valence-corrected chi connectivity index (χ2v) is 9.44. The van der Waals surface area contributed by atoms with Crippen LogP contribution >= 0.6 is 11.3 Å². The van der Waals surface area contributed by atoms with Gasteiger partial charge >= 0.3 is 0 Å². The fourth-order valence-corrected chi connectivity index (χ4v) is 5.29. The van der Waals surface area contributed by atoms with E-state index in [1.54, 1.807) is 11.8 Å². The summed E-state index contributed by atoms with van der Waals surface area (Å²) in [6.45, 7) is 10.2. The molecule has 0 bridgehead atoms. The van der Waals surface area contributed by atoms with Crippen LogP contribution in [0.15, 0.2) is 35.6 Å². The van der Waals surface area contributed by atoms with Crippen LogP contribution in [0.1, 0.15) is 38.9 Å². The van der Waals surface area contributed by atoms with Gasteiger partial charge in [-0.3, -0.25) is 9.59 Å². The SMILES string of the molecule is CCOc1ccc(C2C(C(=O)c3sc(C)nc3C)=C([O-])C(=O)N2CC[NH+]2CCOCC2)cc1. The summed E-state index contributed by atoms with van der Waals surface area (Å²) in [5.74, 6) is -1.05. The molecule has 2 aliphatic rings. The Morgan fingerprint density at radius 3 is 2.58 bits per heavy atom. The largest absolute Gasteiger partial charge is 0.868 e. The molecule has 8 nitrogen and oxygen atoms in total. The number of nitrogens with one attached hydrogen (secondary N) is 1. The predicted octanol–water partition coefficient (Wildman–Crippen LogP) is 0.454. The molecule has 1 amide bonds. The quantitative estimate of drug-likeness (QED) is 0.562. The zero-order valence-corrected chi connectivity index (χ0v) is 20.0. The van der Waals surface area contributed by atoms with Crippen molar-refractivity contribution in [2.24, 2.45) is 0 Å². The Bertz CT molecular complexity index is 1060. The number of Topliss-reactive ketones (excluding diaryl/α,β-unsaturated/α-hetero) is 1. The molecule has 2 aromatic rings. The van der Waals surface area contributed by atoms with E-state index in [2.05, 4.69) is 4.98 Å². The van der Waals surface area contributed by atoms with E-state index in [-0.39, 0.29) is 5.57 Å². The zero-order valence-electron chi connectivity index (χ0n) is 19.2. The Balaban J connectivity index is 1.68. The van der Waals surface area contributed by atoms with Crippen LogP contribution in [0.2, 0.25) is 0 Å². The molecule has 0 saturated carbocycles. The summed E-state index contributed by atoms with van der Waals surface area (Å²) in [7, 11) is 0. The van der Waals surface area contributed by atoms with Gasteiger partial charge < -0.3 is 24.4 Å². The maximum absolute atomic E-state index is 13.5. The number of hydrogen-bond acceptors (Lipinski definition) is 7. The normalized spacial score (nSPS) is 19.4. The Morgan fingerprint density at radius 2 is 1.97 bits per heavy atom. The Labute approximate surface area is 197 Å². The summed E-state index contributed by atoms with van der Waals surface area (Å²) in [6.07, 6.45) is 0. The van der Waals surface area contributed by atoms with Crippen molar-refractivity contribution in [2.45, 2.75) is 26.8 Å². The molecule has 33 heavy (non-hydrogen) atoms. The van der Waals surface area contributed by atoms with Crippen molar-refractivity contribution in [1.82, 2.24) is 9.88 Å². The van der Waals surface area contributed by atoms with Crippen LogP contribution in [0.3, 0.4) is 0 Å². The van der Waals surface area contributed by atoms with E-state index in [9.17, 15) is 14.7 Å². The van der Waals surface area contributed by atoms with Gasteiger partial charge in [-0.25, -0.2) is 4.98 Å². The number of hydrogen-bond donors (Lipinski definition) is 1. The molecule has 1 unspecified atom stereocenters. The summed E-state index contributed by atoms with van der Waals surface area (Å²) in [5.41, 5.74) is 1.31. The lowest BCUT2D eigenvalue weighted by Crippen LogP contribution is -3.14. The van der Waals surface area contributed by atoms with E-state index in [4.69, 9.17) is 9.47 Å². The first-order valence-corrected chi connectivity index (χ1v) is 12.1. The Morgan fingerprint density at radius 1 is 1.27 bits per heavy atom. The third kappa shape index (κ3) is 4.80. The molecular formula is C24H29N3O5S. The molecule has 0 spiro atoms. The summed E-state index contributed by atoms with van der Waals surface area (Å²) in [4.78, 5) is 34.3. The standard InChI is InChI=1S/C24H29N3O5S/c1-4-32-18-7-5-17(6-8-18)20-19(21(28)23-15(2)25-16(3)33-23)22(29)24(30)27(20)10-9-26-11-13-31-14-12-26/h5-8,20,29H,4,9-14H2,1-3H3. The van der Waals surface area contributed by atoms with Crippen LogP contribution < -0.4 is 14.7 Å². The molecule has 1 N–H and O–H groups in total. The molecular weight excluding hydrogens is 442 g/mol. The van der Waals surface area contributed by atoms with Gasteiger partial charge in [-0.15, -0.1) is 11.3 Å². The van der Waals surface area contributed by atoms with Gasteiger partial charge in [0, 0.05) is 5.57 Å². The Hall–Kier alpha value is -2.75. The van der Waals surface area contributed by atoms with Crippen LogP contribution in [-0.4, -0.2) is 67.6 Å². The fraction of sp³-hybridized carbons (Fsp3) is 0.458. The minimum atomic E-state index is -0.726. The molecule has 0 radical (unpaired) electrons. The third-order valence-electron chi connectivity index (χ3n) is 6.05. The minimum absolute atomic E-state index is 0.00730. The maximum Gasteiger partial charge on any atom is 0.240 e. The number of ether oxygens (including phenoxy) is 2. The Kier molecular flexibility index (Phi) is 7.11. The fourth-order valence-electron chi connectivity index (χ4n) is 4.41. The lowest BCUT2D eigenvalue weighted by molar-refractivity contribution is -0.907. The molecule has 4 rings (SSSR count). The number of carbonyl (C=O) groups is 2. The second kappa shape index (κ2) is 10.0. The van der Waals surface area contributed by atoms with E-state index < -0.39 is 23.5 Å². The number of ketones is 1. The zero-order chi connectivity index (χ0) is 23.5. The van der Waals surface area contributed by atoms with Crippen molar-refractivity contribution in [3.63, 3.8) is 0 Å². The van der Waals surface area contributed by atoms with Gasteiger partial charge in [0.05, 0.1) is 54.5 Å². The van der Waals surface area contributed by atoms with Gasteiger partial charge in [-0.2, -0.15) is 0 Å². The number of carbonyl (C=O) groups excluding carboxylic acids is 2. The van der Waals surface area contributed by atoms with Crippen molar-refractivity contribution in [3.05, 3.63) is 56.7 Å². The lowest BCUT2D eigenvalue weighted by Gasteiger charge is -2.30. The van der Waals surface area contributed by atoms with Gasteiger partial charge in [0.25, 0.3) is 0 Å². The number of amides is 1. The molecule has 1 atom stereocenters. The highest BCUT2D eigenvalue weighted by atomic mass is 32.1. The minimum Gasteiger partial charge on any atom is -0.868 e. The topological polar surface area (TPSA) is 96.2 Å². The van der Waals surface area contributed by atoms with Crippen LogP contribution in [-0.2, 0) is 9.53 Å². The lowest BCUT2D eigenvalue weighted by atomic mass is 9.95. The van der Waals surface area contributed by atoms with Crippen molar-refractivity contribution in [1.29, 1.82) is 0 Å². The smallest absolute Gasteiger partial charge is 0.240 e. The summed E-state index contributed by atoms with van der Waals surface area (Å²) >= 11 is 1.25. The molecule has 1 aromatic heterocycles. The van der Waals surface area contributed by atoms with Crippen LogP contribution in [0.4, 0.5) is 0 Å². The number of benzene rings is 1. The molecule has 1 saturated heterocycles. The van der Waals surface area contributed by atoms with Crippen molar-refractivity contribution >= 4 is 23.0 Å². The number of nitrogens with zero attached hydrogens (tertiary/aromatic N) is 2.